The van der Waals surface area contributed by atoms with E-state index in [2.05, 4.69) is 4.98 Å². The van der Waals surface area contributed by atoms with E-state index >= 15 is 0 Å². The van der Waals surface area contributed by atoms with Crippen LogP contribution in [0.4, 0.5) is 4.39 Å². The topological polar surface area (TPSA) is 102 Å². The second-order valence-electron chi connectivity index (χ2n) is 8.25. The Bertz CT molecular complexity index is 1360. The molecule has 160 valence electrons. The molecule has 2 N–H and O–H groups in total. The third-order valence-electron chi connectivity index (χ3n) is 6.43. The van der Waals surface area contributed by atoms with Gasteiger partial charge in [-0.15, -0.1) is 0 Å². The van der Waals surface area contributed by atoms with Crippen molar-refractivity contribution < 1.29 is 24.1 Å². The highest BCUT2D eigenvalue weighted by atomic mass is 19.1. The summed E-state index contributed by atoms with van der Waals surface area (Å²) in [4.78, 5) is 30.2. The van der Waals surface area contributed by atoms with E-state index in [9.17, 15) is 24.2 Å². The molecule has 0 fully saturated rings. The molecule has 4 heterocycles. The van der Waals surface area contributed by atoms with Crippen LogP contribution in [0.3, 0.4) is 0 Å². The third kappa shape index (κ3) is 2.55. The van der Waals surface area contributed by atoms with Crippen molar-refractivity contribution in [2.24, 2.45) is 0 Å². The molecule has 2 atom stereocenters. The highest BCUT2D eigenvalue weighted by molar-refractivity contribution is 5.89. The highest BCUT2D eigenvalue weighted by Gasteiger charge is 2.45. The fourth-order valence-electron chi connectivity index (χ4n) is 4.72. The van der Waals surface area contributed by atoms with Crippen molar-refractivity contribution in [3.05, 3.63) is 62.2 Å². The Balaban J connectivity index is 1.86. The normalized spacial score (nSPS) is 20.3. The number of aryl methyl sites for hydroxylation is 1. The van der Waals surface area contributed by atoms with E-state index in [1.165, 1.54) is 10.6 Å². The number of ether oxygens (including phenoxy) is 1. The molecular formula is C23H21FN2O5. The number of pyridine rings is 2. The number of halogens is 1. The number of aliphatic hydroxyl groups is 2. The molecule has 7 nitrogen and oxygen atoms in total. The summed E-state index contributed by atoms with van der Waals surface area (Å²) in [5.41, 5.74) is 1.04. The number of hydrogen-bond donors (Lipinski definition) is 2. The van der Waals surface area contributed by atoms with Gasteiger partial charge in [-0.05, 0) is 43.5 Å². The highest BCUT2D eigenvalue weighted by Crippen LogP contribution is 2.41. The first kappa shape index (κ1) is 19.8. The average molecular weight is 424 g/mol. The zero-order valence-electron chi connectivity index (χ0n) is 17.3. The molecule has 2 aliphatic rings. The smallest absolute Gasteiger partial charge is 0.343 e. The van der Waals surface area contributed by atoms with E-state index < -0.39 is 23.5 Å². The van der Waals surface area contributed by atoms with Crippen molar-refractivity contribution in [1.29, 1.82) is 0 Å². The molecule has 5 rings (SSSR count). The Labute approximate surface area is 176 Å². The minimum atomic E-state index is -1.92. The molecular weight excluding hydrogens is 403 g/mol. The number of aromatic nitrogens is 2. The molecule has 31 heavy (non-hydrogen) atoms. The van der Waals surface area contributed by atoms with Gasteiger partial charge in [0.25, 0.3) is 5.56 Å². The number of carbonyl (C=O) groups is 1. The summed E-state index contributed by atoms with van der Waals surface area (Å²) in [5, 5.41) is 22.1. The monoisotopic (exact) mass is 424 g/mol. The number of nitrogens with zero attached hydrogens (tertiary/aromatic N) is 2. The van der Waals surface area contributed by atoms with E-state index in [0.29, 0.717) is 39.0 Å². The maximum Gasteiger partial charge on any atom is 0.343 e. The minimum Gasteiger partial charge on any atom is -0.458 e. The number of esters is 1. The lowest BCUT2D eigenvalue weighted by atomic mass is 9.86. The van der Waals surface area contributed by atoms with Crippen molar-refractivity contribution >= 4 is 16.9 Å². The summed E-state index contributed by atoms with van der Waals surface area (Å²) in [5.74, 6) is -1.21. The van der Waals surface area contributed by atoms with E-state index in [4.69, 9.17) is 4.74 Å². The molecule has 8 heteroatoms. The number of rotatable bonds is 2. The lowest BCUT2D eigenvalue weighted by molar-refractivity contribution is -0.172. The Morgan fingerprint density at radius 3 is 2.71 bits per heavy atom. The van der Waals surface area contributed by atoms with Crippen LogP contribution in [0.15, 0.2) is 23.0 Å². The van der Waals surface area contributed by atoms with Crippen LogP contribution < -0.4 is 5.56 Å². The summed E-state index contributed by atoms with van der Waals surface area (Å²) in [6.45, 7) is 4.86. The van der Waals surface area contributed by atoms with Gasteiger partial charge in [-0.25, -0.2) is 14.2 Å². The van der Waals surface area contributed by atoms with Crippen molar-refractivity contribution in [2.45, 2.75) is 52.0 Å². The Morgan fingerprint density at radius 2 is 2.03 bits per heavy atom. The standard InChI is InChI=1S/C23H21FN2O5/c1-4-23(30)15-6-18-20-13(8-26(18)21(28)14(15)9-31-22(23)29)19(11(3)27)12-5-10(2)16(24)7-17(12)25-20/h5-7,11,27,30H,4,8-9H2,1-3H3/t11-,23+/m1/s1. The summed E-state index contributed by atoms with van der Waals surface area (Å²) in [6.07, 6.45) is -0.829. The predicted molar refractivity (Wildman–Crippen MR) is 110 cm³/mol. The zero-order valence-corrected chi connectivity index (χ0v) is 17.3. The molecule has 1 aromatic carbocycles. The largest absolute Gasteiger partial charge is 0.458 e. The molecule has 0 radical (unpaired) electrons. The third-order valence-corrected chi connectivity index (χ3v) is 6.43. The SMILES string of the molecule is CC[C@@]1(O)C(=O)OCc2c1cc1n(c2=O)Cc2c-1nc1cc(F)c(C)cc1c2[C@@H](C)O. The molecule has 0 bridgehead atoms. The maximum absolute atomic E-state index is 14.3. The van der Waals surface area contributed by atoms with Crippen molar-refractivity contribution in [3.63, 3.8) is 0 Å². The molecule has 0 amide bonds. The summed E-state index contributed by atoms with van der Waals surface area (Å²) >= 11 is 0. The number of hydrogen-bond acceptors (Lipinski definition) is 6. The van der Waals surface area contributed by atoms with Crippen LogP contribution >= 0.6 is 0 Å². The van der Waals surface area contributed by atoms with Gasteiger partial charge >= 0.3 is 5.97 Å². The van der Waals surface area contributed by atoms with Gasteiger partial charge in [0.1, 0.15) is 12.4 Å². The van der Waals surface area contributed by atoms with Gasteiger partial charge in [-0.1, -0.05) is 6.92 Å². The quantitative estimate of drug-likeness (QED) is 0.480. The second kappa shape index (κ2) is 6.45. The number of benzene rings is 1. The number of aliphatic hydroxyl groups excluding tert-OH is 1. The van der Waals surface area contributed by atoms with Crippen LogP contribution in [0, 0.1) is 12.7 Å². The molecule has 3 aromatic rings. The number of cyclic esters (lactones) is 1. The Kier molecular flexibility index (Phi) is 4.13. The van der Waals surface area contributed by atoms with Crippen LogP contribution in [-0.4, -0.2) is 25.7 Å². The fraction of sp³-hybridized carbons (Fsp3) is 0.348. The Hall–Kier alpha value is -3.10. The van der Waals surface area contributed by atoms with Gasteiger partial charge in [-0.3, -0.25) is 4.79 Å². The van der Waals surface area contributed by atoms with Gasteiger partial charge in [-0.2, -0.15) is 0 Å². The Morgan fingerprint density at radius 1 is 1.29 bits per heavy atom. The van der Waals surface area contributed by atoms with E-state index in [1.807, 2.05) is 0 Å². The van der Waals surface area contributed by atoms with Crippen molar-refractivity contribution in [2.75, 3.05) is 0 Å². The van der Waals surface area contributed by atoms with Crippen LogP contribution in [0.1, 0.15) is 54.2 Å². The minimum absolute atomic E-state index is 0.0448. The number of fused-ring (bicyclic) bond motifs is 5. The summed E-state index contributed by atoms with van der Waals surface area (Å²) in [6, 6.07) is 4.57. The lowest BCUT2D eigenvalue weighted by Gasteiger charge is -2.31. The fourth-order valence-corrected chi connectivity index (χ4v) is 4.72. The van der Waals surface area contributed by atoms with Crippen LogP contribution in [-0.2, 0) is 28.3 Å². The van der Waals surface area contributed by atoms with Gasteiger partial charge in [0.15, 0.2) is 5.60 Å². The molecule has 0 unspecified atom stereocenters. The maximum atomic E-state index is 14.3. The van der Waals surface area contributed by atoms with Crippen LogP contribution in [0.2, 0.25) is 0 Å². The lowest BCUT2D eigenvalue weighted by Crippen LogP contribution is -2.44. The number of carbonyl (C=O) groups excluding carboxylic acids is 1. The average Bonchev–Trinajstić information content (AvgIpc) is 3.08. The first-order valence-corrected chi connectivity index (χ1v) is 10.1. The molecule has 0 aliphatic carbocycles. The summed E-state index contributed by atoms with van der Waals surface area (Å²) < 4.78 is 20.8. The van der Waals surface area contributed by atoms with Gasteiger partial charge in [0.05, 0.1) is 35.1 Å². The first-order chi connectivity index (χ1) is 14.7. The molecule has 0 saturated heterocycles. The van der Waals surface area contributed by atoms with Gasteiger partial charge < -0.3 is 19.5 Å². The predicted octanol–water partition coefficient (Wildman–Crippen LogP) is 2.58. The first-order valence-electron chi connectivity index (χ1n) is 10.1. The zero-order chi connectivity index (χ0) is 22.2. The summed E-state index contributed by atoms with van der Waals surface area (Å²) in [7, 11) is 0. The second-order valence-corrected chi connectivity index (χ2v) is 8.25. The van der Waals surface area contributed by atoms with E-state index in [-0.39, 0.29) is 36.3 Å². The van der Waals surface area contributed by atoms with Crippen molar-refractivity contribution in [3.8, 4) is 11.4 Å². The van der Waals surface area contributed by atoms with Gasteiger partial charge in [0, 0.05) is 22.6 Å². The molecule has 2 aromatic heterocycles. The van der Waals surface area contributed by atoms with Crippen LogP contribution in [0.25, 0.3) is 22.3 Å². The molecule has 0 saturated carbocycles. The van der Waals surface area contributed by atoms with Crippen LogP contribution in [0.5, 0.6) is 0 Å². The van der Waals surface area contributed by atoms with E-state index in [1.54, 1.807) is 32.9 Å². The van der Waals surface area contributed by atoms with Crippen molar-refractivity contribution in [1.82, 2.24) is 9.55 Å². The molecule has 2 aliphatic heterocycles. The van der Waals surface area contributed by atoms with Gasteiger partial charge in [0.2, 0.25) is 0 Å². The molecule has 0 spiro atoms. The van der Waals surface area contributed by atoms with E-state index in [0.717, 1.165) is 0 Å².